The minimum absolute atomic E-state index is 0.177. The van der Waals surface area contributed by atoms with Gasteiger partial charge in [-0.05, 0) is 17.4 Å². The third-order valence-electron chi connectivity index (χ3n) is 7.30. The van der Waals surface area contributed by atoms with Crippen LogP contribution in [0.25, 0.3) is 11.1 Å². The molecule has 0 aliphatic heterocycles. The van der Waals surface area contributed by atoms with Gasteiger partial charge in [-0.1, -0.05) is 102 Å². The van der Waals surface area contributed by atoms with Crippen molar-refractivity contribution in [3.63, 3.8) is 0 Å². The molecule has 0 N–H and O–H groups in total. The number of rotatable bonds is 0. The van der Waals surface area contributed by atoms with Crippen LogP contribution in [0.15, 0.2) is 48.1 Å². The van der Waals surface area contributed by atoms with E-state index in [0.717, 1.165) is 12.8 Å². The Bertz CT molecular complexity index is 1070. The Hall–Kier alpha value is -1.33. The summed E-state index contributed by atoms with van der Waals surface area (Å²) in [7, 11) is 0. The van der Waals surface area contributed by atoms with E-state index < -0.39 is 0 Å². The van der Waals surface area contributed by atoms with Crippen molar-refractivity contribution < 1.29 is 24.2 Å². The summed E-state index contributed by atoms with van der Waals surface area (Å²) in [6.07, 6.45) is 15.4. The van der Waals surface area contributed by atoms with E-state index in [2.05, 4.69) is 117 Å². The zero-order chi connectivity index (χ0) is 26.7. The van der Waals surface area contributed by atoms with Gasteiger partial charge in [0.25, 0.3) is 0 Å². The van der Waals surface area contributed by atoms with Gasteiger partial charge in [0.1, 0.15) is 0 Å². The van der Waals surface area contributed by atoms with Gasteiger partial charge in [0.2, 0.25) is 0 Å². The number of fused-ring (bicyclic) bond motifs is 3. The Morgan fingerprint density at radius 1 is 0.750 bits per heavy atom. The van der Waals surface area contributed by atoms with Gasteiger partial charge in [-0.2, -0.15) is 41.0 Å². The molecule has 0 saturated heterocycles. The molecule has 5 rings (SSSR count). The average Bonchev–Trinajstić information content (AvgIpc) is 3.53. The second-order valence-corrected chi connectivity index (χ2v) is 15.3. The molecule has 0 aromatic heterocycles. The second-order valence-electron chi connectivity index (χ2n) is 13.6. The van der Waals surface area contributed by atoms with Gasteiger partial charge >= 0.3 is 53.1 Å². The van der Waals surface area contributed by atoms with Gasteiger partial charge in [0.05, 0.1) is 0 Å². The van der Waals surface area contributed by atoms with Crippen LogP contribution in [0, 0.1) is 17.6 Å². The summed E-state index contributed by atoms with van der Waals surface area (Å²) >= 11 is 1.68. The van der Waals surface area contributed by atoms with Crippen molar-refractivity contribution >= 4 is 3.21 Å². The Morgan fingerprint density at radius 2 is 1.36 bits per heavy atom. The molecule has 0 spiro atoms. The van der Waals surface area contributed by atoms with Crippen LogP contribution in [0.1, 0.15) is 117 Å². The predicted molar refractivity (Wildman–Crippen MR) is 154 cm³/mol. The minimum atomic E-state index is 0.177. The summed E-state index contributed by atoms with van der Waals surface area (Å²) in [6.45, 7) is 20.3. The molecule has 0 unspecified atom stereocenters. The van der Waals surface area contributed by atoms with Gasteiger partial charge in [0.15, 0.2) is 0 Å². The van der Waals surface area contributed by atoms with Crippen LogP contribution < -0.4 is 0 Å². The second kappa shape index (κ2) is 11.6. The van der Waals surface area contributed by atoms with E-state index in [1.807, 2.05) is 0 Å². The third kappa shape index (κ3) is 7.84. The average molecular weight is 558 g/mol. The molecule has 3 aliphatic carbocycles. The number of allylic oxidation sites excluding steroid dienone is 4. The van der Waals surface area contributed by atoms with Crippen molar-refractivity contribution in [1.29, 1.82) is 0 Å². The predicted octanol–water partition coefficient (Wildman–Crippen LogP) is 9.65. The number of benzene rings is 2. The van der Waals surface area contributed by atoms with Crippen molar-refractivity contribution in [2.75, 3.05) is 0 Å². The molecule has 1 saturated carbocycles. The zero-order valence-electron chi connectivity index (χ0n) is 24.3. The summed E-state index contributed by atoms with van der Waals surface area (Å²) in [5, 5.41) is 0. The molecule has 0 heterocycles. The summed E-state index contributed by atoms with van der Waals surface area (Å²) in [4.78, 5) is 0. The SMILES string of the molecule is CC(C)(C)C1=CC[C-]=C1.CC(C)(C)c1c[c-]c2c(c1)-c1cc(C(C)(C)C)ccc1C2.[Zr+2]=[C]1CCCC1. The first-order valence-corrected chi connectivity index (χ1v) is 14.9. The standard InChI is InChI=1S/C21H25.C9H13.C5H8.Zr/c1-20(2,3)16-9-7-14-11-15-8-10-17(21(4,5)6)13-19(15)18(14)12-16;1-9(2,3)8-6-4-5-7-8;1-2-4-5-3-1;/h7,9-10,12-13H,11H2,1-6H3;6-7H,4H2,1-3H3;1-4H2;/q2*-1;;+2. The molecule has 0 amide bonds. The summed E-state index contributed by atoms with van der Waals surface area (Å²) in [5.41, 5.74) is 10.5. The summed E-state index contributed by atoms with van der Waals surface area (Å²) in [6, 6.07) is 15.1. The normalized spacial score (nSPS) is 16.5. The number of hydrogen-bond acceptors (Lipinski definition) is 0. The van der Waals surface area contributed by atoms with Gasteiger partial charge in [-0.25, -0.2) is 6.08 Å². The Kier molecular flexibility index (Phi) is 9.42. The third-order valence-corrected chi connectivity index (χ3v) is 8.53. The fourth-order valence-electron chi connectivity index (χ4n) is 4.71. The Balaban J connectivity index is 0.000000196. The first-order valence-electron chi connectivity index (χ1n) is 13.7. The molecule has 190 valence electrons. The molecule has 3 aliphatic rings. The van der Waals surface area contributed by atoms with Crippen LogP contribution in [0.3, 0.4) is 0 Å². The first kappa shape index (κ1) is 29.2. The van der Waals surface area contributed by atoms with E-state index in [4.69, 9.17) is 0 Å². The summed E-state index contributed by atoms with van der Waals surface area (Å²) < 4.78 is 1.79. The van der Waals surface area contributed by atoms with Gasteiger partial charge < -0.3 is 0 Å². The molecule has 0 nitrogen and oxygen atoms in total. The molecule has 2 aromatic carbocycles. The topological polar surface area (TPSA) is 0 Å². The maximum atomic E-state index is 3.53. The van der Waals surface area contributed by atoms with E-state index >= 15 is 0 Å². The van der Waals surface area contributed by atoms with Crippen molar-refractivity contribution in [3.05, 3.63) is 82.5 Å². The molecule has 1 heteroatoms. The molecule has 1 fully saturated rings. The van der Waals surface area contributed by atoms with Crippen LogP contribution in [-0.2, 0) is 41.5 Å². The zero-order valence-corrected chi connectivity index (χ0v) is 26.7. The first-order chi connectivity index (χ1) is 16.7. The van der Waals surface area contributed by atoms with E-state index in [-0.39, 0.29) is 10.8 Å². The van der Waals surface area contributed by atoms with Crippen molar-refractivity contribution in [1.82, 2.24) is 0 Å². The Morgan fingerprint density at radius 3 is 1.81 bits per heavy atom. The van der Waals surface area contributed by atoms with Crippen LogP contribution in [0.4, 0.5) is 0 Å². The molecule has 0 radical (unpaired) electrons. The number of hydrogen-bond donors (Lipinski definition) is 0. The van der Waals surface area contributed by atoms with Crippen molar-refractivity contribution in [2.45, 2.75) is 112 Å². The quantitative estimate of drug-likeness (QED) is 0.241. The van der Waals surface area contributed by atoms with E-state index in [1.54, 1.807) is 27.4 Å². The van der Waals surface area contributed by atoms with Crippen molar-refractivity contribution in [2.24, 2.45) is 5.41 Å². The molecule has 0 bridgehead atoms. The Labute approximate surface area is 237 Å². The fraction of sp³-hybridized carbons (Fsp3) is 0.514. The molecule has 0 atom stereocenters. The van der Waals surface area contributed by atoms with Crippen LogP contribution >= 0.6 is 0 Å². The van der Waals surface area contributed by atoms with Crippen LogP contribution in [-0.4, -0.2) is 3.21 Å². The van der Waals surface area contributed by atoms with Gasteiger partial charge in [-0.3, -0.25) is 6.08 Å². The molecule has 2 aromatic rings. The molecule has 36 heavy (non-hydrogen) atoms. The van der Waals surface area contributed by atoms with E-state index in [9.17, 15) is 0 Å². The van der Waals surface area contributed by atoms with Crippen molar-refractivity contribution in [3.8, 4) is 11.1 Å². The molecular formula is C35H46Zr. The summed E-state index contributed by atoms with van der Waals surface area (Å²) in [5.74, 6) is 0. The fourth-order valence-corrected chi connectivity index (χ4v) is 5.57. The van der Waals surface area contributed by atoms with Crippen LogP contribution in [0.5, 0.6) is 0 Å². The maximum absolute atomic E-state index is 3.53. The van der Waals surface area contributed by atoms with Crippen LogP contribution in [0.2, 0.25) is 0 Å². The van der Waals surface area contributed by atoms with E-state index in [0.29, 0.717) is 5.41 Å². The van der Waals surface area contributed by atoms with Gasteiger partial charge in [0, 0.05) is 0 Å². The molecular weight excluding hydrogens is 512 g/mol. The van der Waals surface area contributed by atoms with Gasteiger partial charge in [-0.15, -0.1) is 12.0 Å². The monoisotopic (exact) mass is 556 g/mol. The van der Waals surface area contributed by atoms with E-state index in [1.165, 1.54) is 64.6 Å².